The van der Waals surface area contributed by atoms with Gasteiger partial charge in [0.05, 0.1) is 13.4 Å². The molecule has 1 aliphatic rings. The predicted octanol–water partition coefficient (Wildman–Crippen LogP) is 12.2. The van der Waals surface area contributed by atoms with Crippen LogP contribution in [0.5, 0.6) is 0 Å². The van der Waals surface area contributed by atoms with E-state index in [1.165, 1.54) is 121 Å². The molecule has 0 saturated carbocycles. The highest BCUT2D eigenvalue weighted by molar-refractivity contribution is 5.88. The first-order valence-electron chi connectivity index (χ1n) is 29.7. The van der Waals surface area contributed by atoms with E-state index in [-0.39, 0.29) is 48.8 Å². The molecular weight excluding hydrogens is 971 g/mol. The van der Waals surface area contributed by atoms with Gasteiger partial charge in [-0.15, -0.1) is 0 Å². The van der Waals surface area contributed by atoms with E-state index >= 15 is 0 Å². The largest absolute Gasteiger partial charge is 0.467 e. The molecule has 1 saturated heterocycles. The third-order valence-electron chi connectivity index (χ3n) is 13.7. The van der Waals surface area contributed by atoms with Gasteiger partial charge >= 0.3 is 24.0 Å². The number of aromatic nitrogens is 4. The zero-order valence-corrected chi connectivity index (χ0v) is 48.2. The second-order valence-corrected chi connectivity index (χ2v) is 22.4. The number of imidazole rings is 1. The van der Waals surface area contributed by atoms with Crippen LogP contribution in [0.2, 0.25) is 0 Å². The molecule has 76 heavy (non-hydrogen) atoms. The number of H-pyrrole nitrogens is 1. The number of unbranched alkanes of at least 4 members (excludes halogenated alkanes) is 25. The van der Waals surface area contributed by atoms with Crippen LogP contribution in [0.1, 0.15) is 254 Å². The topological polar surface area (TPSA) is 231 Å². The lowest BCUT2D eigenvalue weighted by Crippen LogP contribution is -2.51. The summed E-state index contributed by atoms with van der Waals surface area (Å²) in [5.74, 6) is -2.29. The van der Waals surface area contributed by atoms with Crippen LogP contribution in [0.15, 0.2) is 11.1 Å². The fourth-order valence-corrected chi connectivity index (χ4v) is 9.44. The molecule has 0 aromatic carbocycles. The summed E-state index contributed by atoms with van der Waals surface area (Å²) in [7, 11) is 1.21. The number of methoxy groups -OCH3 is 1. The Bertz CT molecular complexity index is 2020. The number of carbonyl (C=O) groups is 5. The van der Waals surface area contributed by atoms with Gasteiger partial charge in [-0.05, 0) is 58.8 Å². The van der Waals surface area contributed by atoms with Crippen LogP contribution in [-0.4, -0.2) is 99.6 Å². The molecule has 4 N–H and O–H groups in total. The van der Waals surface area contributed by atoms with Crippen molar-refractivity contribution in [3.8, 4) is 0 Å². The van der Waals surface area contributed by atoms with E-state index in [2.05, 4.69) is 44.7 Å². The Morgan fingerprint density at radius 1 is 0.697 bits per heavy atom. The quantitative estimate of drug-likeness (QED) is 0.0275. The molecule has 0 unspecified atom stereocenters. The predicted molar refractivity (Wildman–Crippen MR) is 298 cm³/mol. The number of amides is 2. The summed E-state index contributed by atoms with van der Waals surface area (Å²) in [6, 6.07) is -1.15. The number of hydrogen-bond acceptors (Lipinski definition) is 14. The van der Waals surface area contributed by atoms with Gasteiger partial charge in [0.2, 0.25) is 5.95 Å². The molecule has 3 heterocycles. The molecule has 0 bridgehead atoms. The van der Waals surface area contributed by atoms with E-state index in [4.69, 9.17) is 23.7 Å². The minimum absolute atomic E-state index is 0.0217. The van der Waals surface area contributed by atoms with Gasteiger partial charge in [-0.3, -0.25) is 28.7 Å². The monoisotopic (exact) mass is 1070 g/mol. The van der Waals surface area contributed by atoms with E-state index in [0.29, 0.717) is 32.2 Å². The van der Waals surface area contributed by atoms with Crippen molar-refractivity contribution in [3.05, 3.63) is 16.7 Å². The van der Waals surface area contributed by atoms with Gasteiger partial charge in [0.25, 0.3) is 11.5 Å². The third kappa shape index (κ3) is 26.5. The molecule has 2 amide bonds. The number of fused-ring (bicyclic) bond motifs is 1. The van der Waals surface area contributed by atoms with E-state index in [1.54, 1.807) is 20.8 Å². The fraction of sp³-hybridized carbons (Fsp3) is 0.828. The summed E-state index contributed by atoms with van der Waals surface area (Å²) in [5, 5.41) is 8.59. The third-order valence-corrected chi connectivity index (χ3v) is 13.7. The van der Waals surface area contributed by atoms with Crippen molar-refractivity contribution in [1.29, 1.82) is 0 Å². The molecule has 5 atom stereocenters. The lowest BCUT2D eigenvalue weighted by molar-refractivity contribution is -0.169. The highest BCUT2D eigenvalue weighted by atomic mass is 16.6. The van der Waals surface area contributed by atoms with Crippen LogP contribution in [0, 0.1) is 5.92 Å². The molecule has 0 aliphatic carbocycles. The summed E-state index contributed by atoms with van der Waals surface area (Å²) in [6.07, 6.45) is 25.8. The van der Waals surface area contributed by atoms with Gasteiger partial charge in [0.1, 0.15) is 11.6 Å². The molecule has 1 aliphatic heterocycles. The van der Waals surface area contributed by atoms with Gasteiger partial charge in [-0.25, -0.2) is 14.6 Å². The van der Waals surface area contributed by atoms with Gasteiger partial charge in [-0.2, -0.15) is 4.98 Å². The van der Waals surface area contributed by atoms with Crippen molar-refractivity contribution in [2.75, 3.05) is 25.5 Å². The average Bonchev–Trinajstić information content (AvgIpc) is 3.98. The maximum atomic E-state index is 14.6. The molecule has 1 fully saturated rings. The van der Waals surface area contributed by atoms with Crippen molar-refractivity contribution in [2.45, 2.75) is 284 Å². The van der Waals surface area contributed by atoms with Crippen LogP contribution in [0.3, 0.4) is 0 Å². The van der Waals surface area contributed by atoms with E-state index in [9.17, 15) is 28.8 Å². The lowest BCUT2D eigenvalue weighted by Gasteiger charge is -2.25. The minimum atomic E-state index is -1.59. The number of esters is 3. The molecule has 0 spiro atoms. The molecule has 434 valence electrons. The summed E-state index contributed by atoms with van der Waals surface area (Å²) in [6.45, 7) is 14.6. The van der Waals surface area contributed by atoms with E-state index in [0.717, 1.165) is 51.4 Å². The molecule has 0 radical (unpaired) electrons. The van der Waals surface area contributed by atoms with Crippen molar-refractivity contribution >= 4 is 47.0 Å². The van der Waals surface area contributed by atoms with Crippen LogP contribution >= 0.6 is 0 Å². The van der Waals surface area contributed by atoms with Crippen molar-refractivity contribution < 1.29 is 47.7 Å². The molecule has 18 heteroatoms. The maximum Gasteiger partial charge on any atom is 0.407 e. The van der Waals surface area contributed by atoms with E-state index in [1.807, 2.05) is 13.8 Å². The van der Waals surface area contributed by atoms with Crippen LogP contribution in [0.25, 0.3) is 11.2 Å². The second-order valence-electron chi connectivity index (χ2n) is 22.4. The number of rotatable bonds is 42. The molecular formula is C58H101N7O11. The Balaban J connectivity index is 1.83. The number of carbonyl (C=O) groups excluding carboxylic acids is 5. The highest BCUT2D eigenvalue weighted by Crippen LogP contribution is 2.36. The normalized spacial score (nSPS) is 16.9. The van der Waals surface area contributed by atoms with Crippen molar-refractivity contribution in [2.24, 2.45) is 5.92 Å². The van der Waals surface area contributed by atoms with Gasteiger partial charge in [-0.1, -0.05) is 182 Å². The average molecular weight is 1070 g/mol. The van der Waals surface area contributed by atoms with E-state index < -0.39 is 71.7 Å². The smallest absolute Gasteiger partial charge is 0.407 e. The Hall–Kier alpha value is -4.74. The number of nitrogens with zero attached hydrogens (tertiary/aromatic N) is 3. The number of ether oxygens (including phenoxy) is 5. The molecule has 3 rings (SSSR count). The highest BCUT2D eigenvalue weighted by Gasteiger charge is 2.54. The first-order valence-corrected chi connectivity index (χ1v) is 29.7. The zero-order chi connectivity index (χ0) is 55.6. The van der Waals surface area contributed by atoms with Crippen molar-refractivity contribution in [3.63, 3.8) is 0 Å². The summed E-state index contributed by atoms with van der Waals surface area (Å²) in [4.78, 5) is 92.9. The number of alkyl carbamates (subject to hydrolysis) is 1. The Morgan fingerprint density at radius 2 is 1.18 bits per heavy atom. The number of hydrogen-bond donors (Lipinski definition) is 4. The SMILES string of the molecule is CCCCCCCCCCCCCCCC(=O)O[C@@H]1[C@H](OC(=O)CCCCCCCCCCCCCCC)[C@@H](C(=O)N[C@@H](CCCCNC(=O)OC(C)(C)C)C(=O)OC)O[C@H]1n1cnc2c(=O)[nH]c(NCC(C)C)nc21. The minimum Gasteiger partial charge on any atom is -0.467 e. The number of nitrogens with one attached hydrogen (secondary N) is 4. The number of anilines is 1. The van der Waals surface area contributed by atoms with Gasteiger partial charge in [0, 0.05) is 25.9 Å². The van der Waals surface area contributed by atoms with Crippen LogP contribution in [0.4, 0.5) is 10.7 Å². The van der Waals surface area contributed by atoms with Crippen LogP contribution in [-0.2, 0) is 42.9 Å². The standard InChI is InChI=1S/C58H101N7O11/c1-9-11-13-15-17-19-21-23-25-27-29-31-33-38-45(66)73-48-49(53(69)62-44(55(70)72-8)37-35-36-40-59-57(71)76-58(5,6)7)75-54(65-42-61-47-51(65)63-56(64-52(47)68)60-41-43(3)4)50(48)74-46(67)39-34-32-30-28-26-24-22-20-18-16-14-12-10-2/h42-44,48-50,54H,9-41H2,1-8H3,(H,59,71)(H,62,69)(H2,60,63,64,68)/t44-,48+,49-,50+,54+/m0/s1. The summed E-state index contributed by atoms with van der Waals surface area (Å²) >= 11 is 0. The lowest BCUT2D eigenvalue weighted by atomic mass is 10.0. The Labute approximate surface area is 455 Å². The van der Waals surface area contributed by atoms with Crippen LogP contribution < -0.4 is 21.5 Å². The Morgan fingerprint density at radius 3 is 1.66 bits per heavy atom. The summed E-state index contributed by atoms with van der Waals surface area (Å²) in [5.41, 5.74) is -1.13. The zero-order valence-electron chi connectivity index (χ0n) is 48.2. The van der Waals surface area contributed by atoms with Gasteiger partial charge < -0.3 is 39.6 Å². The first kappa shape index (κ1) is 65.5. The molecule has 2 aromatic rings. The van der Waals surface area contributed by atoms with Crippen molar-refractivity contribution in [1.82, 2.24) is 30.2 Å². The molecule has 2 aromatic heterocycles. The summed E-state index contributed by atoms with van der Waals surface area (Å²) < 4.78 is 30.8. The van der Waals surface area contributed by atoms with Gasteiger partial charge in [0.15, 0.2) is 35.7 Å². The molecule has 18 nitrogen and oxygen atoms in total. The fourth-order valence-electron chi connectivity index (χ4n) is 9.44. The second kappa shape index (κ2) is 37.9. The Kier molecular flexibility index (Phi) is 32.7. The first-order chi connectivity index (χ1) is 36.6. The maximum absolute atomic E-state index is 14.6. The number of aromatic amines is 1.